The summed E-state index contributed by atoms with van der Waals surface area (Å²) in [6.45, 7) is 5.67. The molecule has 3 aromatic heterocycles. The maximum Gasteiger partial charge on any atom is 0.225 e. The molecule has 5 rings (SSSR count). The van der Waals surface area contributed by atoms with Crippen molar-refractivity contribution < 1.29 is 8.78 Å². The average molecular weight is 450 g/mol. The molecule has 1 saturated heterocycles. The summed E-state index contributed by atoms with van der Waals surface area (Å²) in [5, 5.41) is 8.02. The Hall–Kier alpha value is -3.46. The number of pyridine rings is 1. The van der Waals surface area contributed by atoms with Crippen molar-refractivity contribution in [2.24, 2.45) is 0 Å². The number of piperazine rings is 1. The molecule has 0 aliphatic carbocycles. The molecule has 0 radical (unpaired) electrons. The number of benzene rings is 1. The lowest BCUT2D eigenvalue weighted by Crippen LogP contribution is -2.45. The number of hydrogen-bond acceptors (Lipinski definition) is 6. The smallest absolute Gasteiger partial charge is 0.225 e. The van der Waals surface area contributed by atoms with E-state index in [1.54, 1.807) is 24.7 Å². The number of hydrogen-bond donors (Lipinski definition) is 1. The van der Waals surface area contributed by atoms with Crippen LogP contribution in [-0.2, 0) is 6.42 Å². The van der Waals surface area contributed by atoms with Crippen LogP contribution in [0.3, 0.4) is 0 Å². The molecule has 9 heteroatoms. The van der Waals surface area contributed by atoms with E-state index in [2.05, 4.69) is 42.0 Å². The molecule has 1 aromatic carbocycles. The molecule has 170 valence electrons. The van der Waals surface area contributed by atoms with E-state index in [0.717, 1.165) is 38.2 Å². The van der Waals surface area contributed by atoms with Gasteiger partial charge in [0, 0.05) is 49.5 Å². The fourth-order valence-corrected chi connectivity index (χ4v) is 4.19. The number of anilines is 1. The lowest BCUT2D eigenvalue weighted by molar-refractivity contribution is 0.311. The van der Waals surface area contributed by atoms with Crippen molar-refractivity contribution in [1.82, 2.24) is 30.0 Å². The van der Waals surface area contributed by atoms with Gasteiger partial charge in [-0.2, -0.15) is 5.10 Å². The van der Waals surface area contributed by atoms with Crippen LogP contribution >= 0.6 is 0 Å². The first kappa shape index (κ1) is 21.4. The van der Waals surface area contributed by atoms with Gasteiger partial charge in [0.05, 0.1) is 23.0 Å². The molecule has 7 nitrogen and oxygen atoms in total. The second kappa shape index (κ2) is 8.82. The van der Waals surface area contributed by atoms with Crippen molar-refractivity contribution in [2.45, 2.75) is 19.8 Å². The van der Waals surface area contributed by atoms with E-state index in [1.807, 2.05) is 6.92 Å². The van der Waals surface area contributed by atoms with Crippen LogP contribution in [0.4, 0.5) is 14.7 Å². The Bertz CT molecular complexity index is 1250. The summed E-state index contributed by atoms with van der Waals surface area (Å²) in [7, 11) is 2.10. The molecule has 0 unspecified atom stereocenters. The molecule has 0 spiro atoms. The minimum atomic E-state index is -0.616. The number of aromatic amines is 1. The zero-order valence-corrected chi connectivity index (χ0v) is 18.6. The number of nitrogens with zero attached hydrogens (tertiary/aromatic N) is 6. The predicted molar refractivity (Wildman–Crippen MR) is 124 cm³/mol. The first-order valence-corrected chi connectivity index (χ1v) is 11.1. The number of likely N-dealkylation sites (N-methyl/N-ethyl adjacent to an activating group) is 1. The van der Waals surface area contributed by atoms with Crippen molar-refractivity contribution in [2.75, 3.05) is 38.1 Å². The molecule has 0 amide bonds. The maximum atomic E-state index is 14.8. The van der Waals surface area contributed by atoms with Crippen molar-refractivity contribution in [3.05, 3.63) is 54.0 Å². The van der Waals surface area contributed by atoms with Gasteiger partial charge in [-0.1, -0.05) is 13.3 Å². The van der Waals surface area contributed by atoms with Crippen molar-refractivity contribution in [1.29, 1.82) is 0 Å². The molecule has 1 fully saturated rings. The van der Waals surface area contributed by atoms with E-state index < -0.39 is 11.6 Å². The van der Waals surface area contributed by atoms with Crippen LogP contribution < -0.4 is 4.90 Å². The summed E-state index contributed by atoms with van der Waals surface area (Å²) in [5.41, 5.74) is 2.72. The summed E-state index contributed by atoms with van der Waals surface area (Å²) in [4.78, 5) is 17.8. The Balaban J connectivity index is 1.48. The van der Waals surface area contributed by atoms with Crippen LogP contribution in [0, 0.1) is 11.6 Å². The number of aromatic nitrogens is 5. The van der Waals surface area contributed by atoms with Gasteiger partial charge in [-0.15, -0.1) is 0 Å². The summed E-state index contributed by atoms with van der Waals surface area (Å²) in [6, 6.07) is 4.42. The molecule has 33 heavy (non-hydrogen) atoms. The Morgan fingerprint density at radius 2 is 1.64 bits per heavy atom. The number of halogens is 2. The lowest BCUT2D eigenvalue weighted by atomic mass is 10.0. The van der Waals surface area contributed by atoms with Gasteiger partial charge in [-0.05, 0) is 37.2 Å². The molecular weight excluding hydrogens is 424 g/mol. The maximum absolute atomic E-state index is 14.8. The van der Waals surface area contributed by atoms with E-state index in [9.17, 15) is 8.78 Å². The highest BCUT2D eigenvalue weighted by atomic mass is 19.1. The summed E-state index contributed by atoms with van der Waals surface area (Å²) < 4.78 is 29.6. The molecular formula is C24H25F2N7. The SMILES string of the molecule is CCCc1cc(F)c(-c2cc3c(-c4cnc(N5CCN(C)CC5)nc4)n[nH]c3cn2)c(F)c1. The van der Waals surface area contributed by atoms with Crippen molar-refractivity contribution >= 4 is 16.9 Å². The normalized spacial score (nSPS) is 14.8. The van der Waals surface area contributed by atoms with E-state index in [4.69, 9.17) is 0 Å². The van der Waals surface area contributed by atoms with Gasteiger partial charge in [0.2, 0.25) is 5.95 Å². The van der Waals surface area contributed by atoms with Crippen molar-refractivity contribution in [3.8, 4) is 22.5 Å². The minimum Gasteiger partial charge on any atom is -0.338 e. The van der Waals surface area contributed by atoms with E-state index >= 15 is 0 Å². The summed E-state index contributed by atoms with van der Waals surface area (Å²) >= 11 is 0. The highest BCUT2D eigenvalue weighted by Gasteiger charge is 2.19. The Morgan fingerprint density at radius 1 is 0.939 bits per heavy atom. The van der Waals surface area contributed by atoms with Gasteiger partial charge in [0.1, 0.15) is 17.3 Å². The van der Waals surface area contributed by atoms with Crippen LogP contribution in [0.15, 0.2) is 36.8 Å². The van der Waals surface area contributed by atoms with Gasteiger partial charge in [-0.3, -0.25) is 10.1 Å². The molecule has 1 aliphatic heterocycles. The van der Waals surface area contributed by atoms with Gasteiger partial charge >= 0.3 is 0 Å². The molecule has 1 aliphatic rings. The topological polar surface area (TPSA) is 73.8 Å². The highest BCUT2D eigenvalue weighted by Crippen LogP contribution is 2.32. The third-order valence-electron chi connectivity index (χ3n) is 6.04. The fraction of sp³-hybridized carbons (Fsp3) is 0.333. The third-order valence-corrected chi connectivity index (χ3v) is 6.04. The fourth-order valence-electron chi connectivity index (χ4n) is 4.19. The van der Waals surface area contributed by atoms with Crippen LogP contribution in [0.5, 0.6) is 0 Å². The number of fused-ring (bicyclic) bond motifs is 1. The van der Waals surface area contributed by atoms with Crippen LogP contribution in [0.25, 0.3) is 33.4 Å². The standard InChI is InChI=1S/C24H25F2N7/c1-3-4-15-9-18(25)22(19(26)10-15)20-11-17-21(14-27-20)30-31-23(17)16-12-28-24(29-13-16)33-7-5-32(2)6-8-33/h9-14H,3-8H2,1-2H3,(H,30,31). The van der Waals surface area contributed by atoms with Gasteiger partial charge in [-0.25, -0.2) is 18.7 Å². The number of nitrogens with one attached hydrogen (secondary N) is 1. The summed E-state index contributed by atoms with van der Waals surface area (Å²) in [6.07, 6.45) is 6.45. The number of rotatable bonds is 5. The largest absolute Gasteiger partial charge is 0.338 e. The third kappa shape index (κ3) is 4.16. The average Bonchev–Trinajstić information content (AvgIpc) is 3.23. The Labute approximate surface area is 190 Å². The first-order valence-electron chi connectivity index (χ1n) is 11.1. The first-order chi connectivity index (χ1) is 16.0. The zero-order chi connectivity index (χ0) is 22.9. The zero-order valence-electron chi connectivity index (χ0n) is 18.6. The number of aryl methyl sites for hydroxylation is 1. The molecule has 4 aromatic rings. The predicted octanol–water partition coefficient (Wildman–Crippen LogP) is 4.06. The molecule has 0 bridgehead atoms. The van der Waals surface area contributed by atoms with E-state index in [-0.39, 0.29) is 11.3 Å². The molecule has 0 atom stereocenters. The molecule has 1 N–H and O–H groups in total. The second-order valence-electron chi connectivity index (χ2n) is 8.43. The highest BCUT2D eigenvalue weighted by molar-refractivity contribution is 5.94. The molecule has 0 saturated carbocycles. The summed E-state index contributed by atoms with van der Waals surface area (Å²) in [5.74, 6) is -0.546. The monoisotopic (exact) mass is 449 g/mol. The number of H-pyrrole nitrogens is 1. The Morgan fingerprint density at radius 3 is 2.30 bits per heavy atom. The van der Waals surface area contributed by atoms with E-state index in [0.29, 0.717) is 34.5 Å². The molecule has 4 heterocycles. The minimum absolute atomic E-state index is 0.134. The van der Waals surface area contributed by atoms with Gasteiger partial charge < -0.3 is 9.80 Å². The van der Waals surface area contributed by atoms with Gasteiger partial charge in [0.25, 0.3) is 0 Å². The van der Waals surface area contributed by atoms with Gasteiger partial charge in [0.15, 0.2) is 0 Å². The Kier molecular flexibility index (Phi) is 5.72. The van der Waals surface area contributed by atoms with E-state index in [1.165, 1.54) is 12.1 Å². The van der Waals surface area contributed by atoms with Crippen LogP contribution in [-0.4, -0.2) is 63.3 Å². The second-order valence-corrected chi connectivity index (χ2v) is 8.43. The van der Waals surface area contributed by atoms with Crippen LogP contribution in [0.1, 0.15) is 18.9 Å². The lowest BCUT2D eigenvalue weighted by Gasteiger charge is -2.32. The quantitative estimate of drug-likeness (QED) is 0.495. The van der Waals surface area contributed by atoms with Crippen LogP contribution in [0.2, 0.25) is 0 Å². The van der Waals surface area contributed by atoms with Crippen molar-refractivity contribution in [3.63, 3.8) is 0 Å².